The first kappa shape index (κ1) is 10.5. The van der Waals surface area contributed by atoms with E-state index in [1.807, 2.05) is 5.32 Å². The van der Waals surface area contributed by atoms with Crippen LogP contribution in [0.25, 0.3) is 0 Å². The van der Waals surface area contributed by atoms with Gasteiger partial charge in [-0.25, -0.2) is 4.39 Å². The van der Waals surface area contributed by atoms with E-state index in [1.54, 1.807) is 0 Å². The van der Waals surface area contributed by atoms with Crippen LogP contribution >= 0.6 is 0 Å². The van der Waals surface area contributed by atoms with E-state index in [1.165, 1.54) is 0 Å². The van der Waals surface area contributed by atoms with Crippen LogP contribution in [0, 0.1) is 5.82 Å². The van der Waals surface area contributed by atoms with E-state index in [0.29, 0.717) is 6.92 Å². The molecule has 0 spiro atoms. The van der Waals surface area contributed by atoms with Crippen LogP contribution in [-0.2, 0) is 4.79 Å². The summed E-state index contributed by atoms with van der Waals surface area (Å²) in [6, 6.07) is 0.899. The highest BCUT2D eigenvalue weighted by Gasteiger charge is 2.32. The van der Waals surface area contributed by atoms with Crippen molar-refractivity contribution in [3.63, 3.8) is 0 Å². The van der Waals surface area contributed by atoms with Gasteiger partial charge in [0, 0.05) is 13.0 Å². The lowest BCUT2D eigenvalue weighted by Crippen LogP contribution is -2.31. The van der Waals surface area contributed by atoms with E-state index in [0.717, 1.165) is 18.5 Å². The van der Waals surface area contributed by atoms with Crippen molar-refractivity contribution in [2.75, 3.05) is 5.32 Å². The number of nitrogens with one attached hydrogen (secondary N) is 1. The van der Waals surface area contributed by atoms with Gasteiger partial charge < -0.3 is 5.32 Å². The molecule has 0 bridgehead atoms. The Balaban J connectivity index is 2.75. The number of carbonyl (C=O) groups is 1. The molecule has 0 saturated heterocycles. The number of aromatic nitrogens is 1. The van der Waals surface area contributed by atoms with Crippen LogP contribution in [0.5, 0.6) is 0 Å². The number of anilines is 1. The second kappa shape index (κ2) is 3.65. The Hall–Kier alpha value is -1.59. The van der Waals surface area contributed by atoms with Gasteiger partial charge in [-0.15, -0.1) is 0 Å². The first-order valence-corrected chi connectivity index (χ1v) is 3.69. The van der Waals surface area contributed by atoms with Crippen molar-refractivity contribution < 1.29 is 18.0 Å². The highest BCUT2D eigenvalue weighted by Crippen LogP contribution is 2.15. The van der Waals surface area contributed by atoms with E-state index in [2.05, 4.69) is 4.98 Å². The molecule has 1 amide bonds. The first-order chi connectivity index (χ1) is 6.39. The van der Waals surface area contributed by atoms with Crippen molar-refractivity contribution in [1.29, 1.82) is 0 Å². The molecule has 76 valence electrons. The molecule has 1 rings (SSSR count). The fourth-order valence-electron chi connectivity index (χ4n) is 0.721. The Morgan fingerprint density at radius 1 is 1.50 bits per heavy atom. The summed E-state index contributed by atoms with van der Waals surface area (Å²) in [7, 11) is 0. The lowest BCUT2D eigenvalue weighted by Gasteiger charge is -2.10. The molecule has 1 heterocycles. The highest BCUT2D eigenvalue weighted by atomic mass is 19.3. The van der Waals surface area contributed by atoms with Crippen LogP contribution in [0.4, 0.5) is 18.9 Å². The van der Waals surface area contributed by atoms with Gasteiger partial charge in [-0.05, 0) is 0 Å². The van der Waals surface area contributed by atoms with Gasteiger partial charge in [0.25, 0.3) is 5.91 Å². The first-order valence-electron chi connectivity index (χ1n) is 3.69. The molecule has 1 aromatic heterocycles. The molecule has 1 aromatic rings. The number of carbonyl (C=O) groups excluding carboxylic acids is 1. The molecule has 3 nitrogen and oxygen atoms in total. The molecule has 0 unspecified atom stereocenters. The molecule has 0 aliphatic carbocycles. The van der Waals surface area contributed by atoms with Crippen LogP contribution in [0.15, 0.2) is 18.5 Å². The fourth-order valence-corrected chi connectivity index (χ4v) is 0.721. The molecular weight excluding hydrogens is 197 g/mol. The average Bonchev–Trinajstić information content (AvgIpc) is 2.02. The molecular formula is C8H7F3N2O. The van der Waals surface area contributed by atoms with Gasteiger partial charge in [-0.2, -0.15) is 8.78 Å². The van der Waals surface area contributed by atoms with Gasteiger partial charge in [0.05, 0.1) is 18.1 Å². The topological polar surface area (TPSA) is 42.0 Å². The second-order valence-electron chi connectivity index (χ2n) is 2.73. The molecule has 0 fully saturated rings. The summed E-state index contributed by atoms with van der Waals surface area (Å²) in [5.74, 6) is -5.70. The highest BCUT2D eigenvalue weighted by molar-refractivity contribution is 5.95. The maximum absolute atomic E-state index is 12.5. The molecule has 0 aromatic carbocycles. The smallest absolute Gasteiger partial charge is 0.319 e. The summed E-state index contributed by atoms with van der Waals surface area (Å²) in [5, 5.41) is 1.83. The number of pyridine rings is 1. The maximum Gasteiger partial charge on any atom is 0.322 e. The lowest BCUT2D eigenvalue weighted by atomic mass is 10.3. The monoisotopic (exact) mass is 204 g/mol. The standard InChI is InChI=1S/C8H7F3N2O/c1-8(10,11)7(14)13-6-2-5(9)3-12-4-6/h2-4H,1H3,(H,13,14). The Morgan fingerprint density at radius 2 is 2.14 bits per heavy atom. The largest absolute Gasteiger partial charge is 0.322 e. The van der Waals surface area contributed by atoms with Gasteiger partial charge >= 0.3 is 5.92 Å². The van der Waals surface area contributed by atoms with Gasteiger partial charge in [0.1, 0.15) is 5.82 Å². The summed E-state index contributed by atoms with van der Waals surface area (Å²) in [5.41, 5.74) is -0.100. The number of halogens is 3. The molecule has 0 aliphatic rings. The zero-order valence-corrected chi connectivity index (χ0v) is 7.22. The third kappa shape index (κ3) is 2.72. The van der Waals surface area contributed by atoms with E-state index >= 15 is 0 Å². The zero-order valence-electron chi connectivity index (χ0n) is 7.22. The summed E-state index contributed by atoms with van der Waals surface area (Å²) in [4.78, 5) is 14.1. The minimum atomic E-state index is -3.49. The Kier molecular flexibility index (Phi) is 2.73. The number of hydrogen-bond acceptors (Lipinski definition) is 2. The van der Waals surface area contributed by atoms with Crippen LogP contribution in [-0.4, -0.2) is 16.8 Å². The maximum atomic E-state index is 12.5. The third-order valence-electron chi connectivity index (χ3n) is 1.36. The van der Waals surface area contributed by atoms with Crippen LogP contribution in [0.2, 0.25) is 0 Å². The molecule has 1 N–H and O–H groups in total. The molecule has 14 heavy (non-hydrogen) atoms. The van der Waals surface area contributed by atoms with Crippen molar-refractivity contribution in [2.24, 2.45) is 0 Å². The van der Waals surface area contributed by atoms with Crippen molar-refractivity contribution in [3.05, 3.63) is 24.3 Å². The molecule has 0 radical (unpaired) electrons. The number of rotatable bonds is 2. The van der Waals surface area contributed by atoms with E-state index in [9.17, 15) is 18.0 Å². The number of hydrogen-bond donors (Lipinski definition) is 1. The predicted octanol–water partition coefficient (Wildman–Crippen LogP) is 1.81. The van der Waals surface area contributed by atoms with Gasteiger partial charge in [0.2, 0.25) is 0 Å². The quantitative estimate of drug-likeness (QED) is 0.798. The molecule has 6 heteroatoms. The summed E-state index contributed by atoms with van der Waals surface area (Å²) in [6.45, 7) is 0.453. The SMILES string of the molecule is CC(F)(F)C(=O)Nc1cncc(F)c1. The number of amides is 1. The van der Waals surface area contributed by atoms with Crippen molar-refractivity contribution in [1.82, 2.24) is 4.98 Å². The van der Waals surface area contributed by atoms with Crippen LogP contribution in [0.3, 0.4) is 0 Å². The molecule has 0 saturated carbocycles. The predicted molar refractivity (Wildman–Crippen MR) is 43.4 cm³/mol. The minimum Gasteiger partial charge on any atom is -0.319 e. The zero-order chi connectivity index (χ0) is 10.8. The number of nitrogens with zero attached hydrogens (tertiary/aromatic N) is 1. The van der Waals surface area contributed by atoms with Crippen molar-refractivity contribution in [2.45, 2.75) is 12.8 Å². The Bertz CT molecular complexity index is 349. The summed E-state index contributed by atoms with van der Waals surface area (Å²) >= 11 is 0. The van der Waals surface area contributed by atoms with Crippen LogP contribution < -0.4 is 5.32 Å². The average molecular weight is 204 g/mol. The lowest BCUT2D eigenvalue weighted by molar-refractivity contribution is -0.137. The van der Waals surface area contributed by atoms with Crippen molar-refractivity contribution >= 4 is 11.6 Å². The third-order valence-corrected chi connectivity index (χ3v) is 1.36. The summed E-state index contributed by atoms with van der Waals surface area (Å²) < 4.78 is 37.3. The Morgan fingerprint density at radius 3 is 2.64 bits per heavy atom. The second-order valence-corrected chi connectivity index (χ2v) is 2.73. The summed E-state index contributed by atoms with van der Waals surface area (Å²) in [6.07, 6.45) is 1.98. The molecule has 0 aliphatic heterocycles. The van der Waals surface area contributed by atoms with Crippen molar-refractivity contribution in [3.8, 4) is 0 Å². The van der Waals surface area contributed by atoms with Gasteiger partial charge in [-0.1, -0.05) is 0 Å². The van der Waals surface area contributed by atoms with Gasteiger partial charge in [0.15, 0.2) is 0 Å². The van der Waals surface area contributed by atoms with E-state index < -0.39 is 17.6 Å². The minimum absolute atomic E-state index is 0.100. The van der Waals surface area contributed by atoms with E-state index in [-0.39, 0.29) is 5.69 Å². The molecule has 0 atom stereocenters. The number of alkyl halides is 2. The van der Waals surface area contributed by atoms with Gasteiger partial charge in [-0.3, -0.25) is 9.78 Å². The van der Waals surface area contributed by atoms with E-state index in [4.69, 9.17) is 0 Å². The normalized spacial score (nSPS) is 11.1. The van der Waals surface area contributed by atoms with Crippen LogP contribution in [0.1, 0.15) is 6.92 Å². The Labute approximate surface area is 78.0 Å². The fraction of sp³-hybridized carbons (Fsp3) is 0.250.